The number of hydrogen-bond donors (Lipinski definition) is 1. The average Bonchev–Trinajstić information content (AvgIpc) is 2.31. The van der Waals surface area contributed by atoms with E-state index in [0.717, 1.165) is 5.56 Å². The van der Waals surface area contributed by atoms with Gasteiger partial charge in [0, 0.05) is 0 Å². The number of anilines is 1. The molecule has 0 saturated carbocycles. The summed E-state index contributed by atoms with van der Waals surface area (Å²) in [6.07, 6.45) is 0.448. The highest BCUT2D eigenvalue weighted by molar-refractivity contribution is 6.40. The highest BCUT2D eigenvalue weighted by Gasteiger charge is 2.18. The monoisotopic (exact) mass is 270 g/mol. The molecule has 0 fully saturated rings. The standard InChI is InChI=1S/C12H12Cl2N2O/c1-3-8(6-15)12(17)16-11-9(13)5-4-7(2)10(11)14/h4-5,8H,3H2,1-2H3,(H,16,17). The van der Waals surface area contributed by atoms with Crippen LogP contribution in [-0.2, 0) is 4.79 Å². The van der Waals surface area contributed by atoms with Crippen LogP contribution in [0.3, 0.4) is 0 Å². The molecular formula is C12H12Cl2N2O. The van der Waals surface area contributed by atoms with Crippen LogP contribution in [0.4, 0.5) is 5.69 Å². The van der Waals surface area contributed by atoms with Crippen molar-refractivity contribution in [3.63, 3.8) is 0 Å². The first-order valence-electron chi connectivity index (χ1n) is 5.16. The van der Waals surface area contributed by atoms with Gasteiger partial charge in [-0.25, -0.2) is 0 Å². The SMILES string of the molecule is CCC(C#N)C(=O)Nc1c(Cl)ccc(C)c1Cl. The molecule has 1 aromatic rings. The van der Waals surface area contributed by atoms with E-state index in [4.69, 9.17) is 28.5 Å². The molecule has 3 nitrogen and oxygen atoms in total. The summed E-state index contributed by atoms with van der Waals surface area (Å²) in [6, 6.07) is 5.35. The molecule has 1 unspecified atom stereocenters. The minimum atomic E-state index is -0.692. The Morgan fingerprint density at radius 2 is 2.18 bits per heavy atom. The van der Waals surface area contributed by atoms with Crippen LogP contribution in [0.15, 0.2) is 12.1 Å². The van der Waals surface area contributed by atoms with Gasteiger partial charge in [0.25, 0.3) is 0 Å². The van der Waals surface area contributed by atoms with Crippen LogP contribution in [0.1, 0.15) is 18.9 Å². The lowest BCUT2D eigenvalue weighted by Gasteiger charge is -2.12. The summed E-state index contributed by atoms with van der Waals surface area (Å²) in [4.78, 5) is 11.7. The van der Waals surface area contributed by atoms with E-state index in [9.17, 15) is 4.79 Å². The molecule has 5 heteroatoms. The molecule has 0 aromatic heterocycles. The van der Waals surface area contributed by atoms with Gasteiger partial charge in [0.05, 0.1) is 21.8 Å². The Kier molecular flexibility index (Phi) is 4.80. The van der Waals surface area contributed by atoms with Crippen LogP contribution in [0.5, 0.6) is 0 Å². The van der Waals surface area contributed by atoms with E-state index >= 15 is 0 Å². The van der Waals surface area contributed by atoms with E-state index in [2.05, 4.69) is 5.32 Å². The molecule has 90 valence electrons. The summed E-state index contributed by atoms with van der Waals surface area (Å²) in [6.45, 7) is 3.59. The largest absolute Gasteiger partial charge is 0.322 e. The Bertz CT molecular complexity index is 480. The molecular weight excluding hydrogens is 259 g/mol. The molecule has 0 aliphatic heterocycles. The van der Waals surface area contributed by atoms with Gasteiger partial charge in [0.2, 0.25) is 5.91 Å². The predicted octanol–water partition coefficient (Wildman–Crippen LogP) is 3.79. The van der Waals surface area contributed by atoms with Gasteiger partial charge >= 0.3 is 0 Å². The van der Waals surface area contributed by atoms with Gasteiger partial charge in [-0.3, -0.25) is 4.79 Å². The number of hydrogen-bond acceptors (Lipinski definition) is 2. The lowest BCUT2D eigenvalue weighted by atomic mass is 10.1. The Morgan fingerprint density at radius 3 is 2.71 bits per heavy atom. The molecule has 1 atom stereocenters. The van der Waals surface area contributed by atoms with Crippen LogP contribution in [0, 0.1) is 24.2 Å². The van der Waals surface area contributed by atoms with E-state index < -0.39 is 5.92 Å². The molecule has 0 aliphatic rings. The van der Waals surface area contributed by atoms with Gasteiger partial charge in [-0.15, -0.1) is 0 Å². The van der Waals surface area contributed by atoms with Crippen molar-refractivity contribution in [1.82, 2.24) is 0 Å². The first kappa shape index (κ1) is 13.8. The Morgan fingerprint density at radius 1 is 1.53 bits per heavy atom. The molecule has 1 N–H and O–H groups in total. The summed E-state index contributed by atoms with van der Waals surface area (Å²) >= 11 is 12.0. The van der Waals surface area contributed by atoms with Gasteiger partial charge in [0.1, 0.15) is 5.92 Å². The van der Waals surface area contributed by atoms with E-state index in [0.29, 0.717) is 22.2 Å². The van der Waals surface area contributed by atoms with Crippen LogP contribution >= 0.6 is 23.2 Å². The van der Waals surface area contributed by atoms with Gasteiger partial charge in [-0.05, 0) is 25.0 Å². The van der Waals surface area contributed by atoms with Gasteiger partial charge in [-0.2, -0.15) is 5.26 Å². The summed E-state index contributed by atoms with van der Waals surface area (Å²) in [7, 11) is 0. The smallest absolute Gasteiger partial charge is 0.241 e. The van der Waals surface area contributed by atoms with Crippen molar-refractivity contribution in [2.75, 3.05) is 5.32 Å². The van der Waals surface area contributed by atoms with Crippen LogP contribution in [0.25, 0.3) is 0 Å². The number of amides is 1. The van der Waals surface area contributed by atoms with Gasteiger partial charge < -0.3 is 5.32 Å². The molecule has 1 rings (SSSR count). The maximum absolute atomic E-state index is 11.7. The zero-order valence-corrected chi connectivity index (χ0v) is 11.1. The van der Waals surface area contributed by atoms with Crippen molar-refractivity contribution in [3.8, 4) is 6.07 Å². The maximum Gasteiger partial charge on any atom is 0.241 e. The fourth-order valence-corrected chi connectivity index (χ4v) is 1.78. The quantitative estimate of drug-likeness (QED) is 0.909. The predicted molar refractivity (Wildman–Crippen MR) is 69.2 cm³/mol. The number of nitrogens with zero attached hydrogens (tertiary/aromatic N) is 1. The number of halogens is 2. The molecule has 0 saturated heterocycles. The number of benzene rings is 1. The van der Waals surface area contributed by atoms with Crippen LogP contribution < -0.4 is 5.32 Å². The number of nitriles is 1. The second kappa shape index (κ2) is 5.90. The first-order chi connectivity index (χ1) is 8.01. The zero-order valence-electron chi connectivity index (χ0n) is 9.55. The Labute approximate surface area is 110 Å². The third kappa shape index (κ3) is 3.12. The fourth-order valence-electron chi connectivity index (χ4n) is 1.32. The summed E-state index contributed by atoms with van der Waals surface area (Å²) in [5.41, 5.74) is 1.18. The molecule has 17 heavy (non-hydrogen) atoms. The lowest BCUT2D eigenvalue weighted by molar-refractivity contribution is -0.118. The molecule has 0 radical (unpaired) electrons. The third-order valence-electron chi connectivity index (χ3n) is 2.41. The number of rotatable bonds is 3. The van der Waals surface area contributed by atoms with Crippen molar-refractivity contribution in [2.24, 2.45) is 5.92 Å². The van der Waals surface area contributed by atoms with Gasteiger partial charge in [0.15, 0.2) is 0 Å². The highest BCUT2D eigenvalue weighted by Crippen LogP contribution is 2.33. The maximum atomic E-state index is 11.7. The summed E-state index contributed by atoms with van der Waals surface area (Å²) in [5.74, 6) is -1.08. The zero-order chi connectivity index (χ0) is 13.0. The van der Waals surface area contributed by atoms with E-state index in [1.807, 2.05) is 13.0 Å². The molecule has 1 aromatic carbocycles. The van der Waals surface area contributed by atoms with Crippen molar-refractivity contribution in [2.45, 2.75) is 20.3 Å². The van der Waals surface area contributed by atoms with Crippen molar-refractivity contribution in [3.05, 3.63) is 27.7 Å². The lowest BCUT2D eigenvalue weighted by Crippen LogP contribution is -2.21. The normalized spacial score (nSPS) is 11.7. The fraction of sp³-hybridized carbons (Fsp3) is 0.333. The number of carbonyl (C=O) groups is 1. The van der Waals surface area contributed by atoms with E-state index in [1.165, 1.54) is 0 Å². The molecule has 0 bridgehead atoms. The van der Waals surface area contributed by atoms with E-state index in [1.54, 1.807) is 19.1 Å². The second-order valence-corrected chi connectivity index (χ2v) is 4.42. The first-order valence-corrected chi connectivity index (χ1v) is 5.92. The van der Waals surface area contributed by atoms with Gasteiger partial charge in [-0.1, -0.05) is 36.2 Å². The van der Waals surface area contributed by atoms with E-state index in [-0.39, 0.29) is 5.91 Å². The number of aryl methyl sites for hydroxylation is 1. The third-order valence-corrected chi connectivity index (χ3v) is 3.22. The topological polar surface area (TPSA) is 52.9 Å². The molecule has 0 heterocycles. The highest BCUT2D eigenvalue weighted by atomic mass is 35.5. The van der Waals surface area contributed by atoms with Crippen LogP contribution in [-0.4, -0.2) is 5.91 Å². The van der Waals surface area contributed by atoms with Crippen molar-refractivity contribution in [1.29, 1.82) is 5.26 Å². The number of nitrogens with one attached hydrogen (secondary N) is 1. The van der Waals surface area contributed by atoms with Crippen molar-refractivity contribution >= 4 is 34.8 Å². The molecule has 1 amide bonds. The Balaban J connectivity index is 3.00. The number of carbonyl (C=O) groups excluding carboxylic acids is 1. The summed E-state index contributed by atoms with van der Waals surface area (Å²) in [5, 5.41) is 12.2. The Hall–Kier alpha value is -1.24. The molecule has 0 aliphatic carbocycles. The van der Waals surface area contributed by atoms with Crippen molar-refractivity contribution < 1.29 is 4.79 Å². The average molecular weight is 271 g/mol. The molecule has 0 spiro atoms. The van der Waals surface area contributed by atoms with Crippen LogP contribution in [0.2, 0.25) is 10.0 Å². The second-order valence-electron chi connectivity index (χ2n) is 3.63. The minimum Gasteiger partial charge on any atom is -0.322 e. The summed E-state index contributed by atoms with van der Waals surface area (Å²) < 4.78 is 0. The minimum absolute atomic E-state index is 0.363.